The summed E-state index contributed by atoms with van der Waals surface area (Å²) in [4.78, 5) is 20.7. The number of nitrogens with zero attached hydrogens (tertiary/aromatic N) is 3. The Balaban J connectivity index is 1.83. The fourth-order valence-electron chi connectivity index (χ4n) is 2.92. The molecule has 0 radical (unpaired) electrons. The lowest BCUT2D eigenvalue weighted by Crippen LogP contribution is -2.70. The van der Waals surface area contributed by atoms with Crippen molar-refractivity contribution in [3.05, 3.63) is 30.3 Å². The Morgan fingerprint density at radius 1 is 1.20 bits per heavy atom. The number of carbonyl (C=O) groups excluding carboxylic acids is 1. The van der Waals surface area contributed by atoms with Crippen molar-refractivity contribution in [2.24, 2.45) is 0 Å². The molecule has 2 unspecified atom stereocenters. The number of hydrogen-bond donors (Lipinski definition) is 4. The number of benzene rings is 1. The second kappa shape index (κ2) is 8.39. The molecule has 3 atom stereocenters. The van der Waals surface area contributed by atoms with Gasteiger partial charge in [-0.15, -0.1) is 0 Å². The molecule has 162 valence electrons. The minimum absolute atomic E-state index is 0.0741. The molecule has 4 N–H and O–H groups in total. The third-order valence-corrected chi connectivity index (χ3v) is 5.80. The van der Waals surface area contributed by atoms with Crippen LogP contribution in [-0.4, -0.2) is 78.7 Å². The zero-order valence-corrected chi connectivity index (χ0v) is 16.8. The minimum Gasteiger partial charge on any atom is -0.481 e. The van der Waals surface area contributed by atoms with Crippen molar-refractivity contribution >= 4 is 27.4 Å². The second-order valence-electron chi connectivity index (χ2n) is 6.28. The number of carbonyl (C=O) groups is 1. The van der Waals surface area contributed by atoms with Crippen molar-refractivity contribution in [3.8, 4) is 11.9 Å². The first-order valence-corrected chi connectivity index (χ1v) is 10.1. The zero-order valence-electron chi connectivity index (χ0n) is 16.0. The molecule has 2 heterocycles. The van der Waals surface area contributed by atoms with E-state index >= 15 is 0 Å². The average Bonchev–Trinajstić information content (AvgIpc) is 2.75. The number of nitrogens with one attached hydrogen (secondary N) is 1. The van der Waals surface area contributed by atoms with Crippen LogP contribution in [0.3, 0.4) is 0 Å². The largest absolute Gasteiger partial charge is 0.481 e. The highest BCUT2D eigenvalue weighted by Crippen LogP contribution is 2.31. The number of aromatic nitrogens is 2. The Kier molecular flexibility index (Phi) is 6.07. The minimum atomic E-state index is -4.05. The first-order chi connectivity index (χ1) is 14.2. The molecule has 1 aromatic heterocycles. The summed E-state index contributed by atoms with van der Waals surface area (Å²) in [7, 11) is -1.37. The summed E-state index contributed by atoms with van der Waals surface area (Å²) in [6, 6.07) is 5.33. The first kappa shape index (κ1) is 21.7. The van der Waals surface area contributed by atoms with Crippen LogP contribution in [0.5, 0.6) is 11.9 Å². The van der Waals surface area contributed by atoms with Gasteiger partial charge in [-0.1, -0.05) is 0 Å². The normalized spacial score (nSPS) is 19.8. The zero-order chi connectivity index (χ0) is 22.1. The van der Waals surface area contributed by atoms with Crippen LogP contribution in [-0.2, 0) is 14.8 Å². The summed E-state index contributed by atoms with van der Waals surface area (Å²) in [5, 5.41) is 28.6. The van der Waals surface area contributed by atoms with Gasteiger partial charge in [-0.3, -0.25) is 9.52 Å². The van der Waals surface area contributed by atoms with Crippen molar-refractivity contribution in [1.82, 2.24) is 9.97 Å². The number of aliphatic hydroxyl groups excluding tert-OH is 3. The van der Waals surface area contributed by atoms with Crippen molar-refractivity contribution in [3.63, 3.8) is 0 Å². The molecule has 1 aliphatic rings. The molecule has 1 aliphatic heterocycles. The monoisotopic (exact) mass is 440 g/mol. The molecule has 0 aliphatic carbocycles. The first-order valence-electron chi connectivity index (χ1n) is 8.62. The van der Waals surface area contributed by atoms with Crippen LogP contribution in [0.4, 0.5) is 11.5 Å². The molecule has 0 bridgehead atoms. The lowest BCUT2D eigenvalue weighted by atomic mass is 9.92. The third kappa shape index (κ3) is 4.00. The lowest BCUT2D eigenvalue weighted by Gasteiger charge is -2.46. The maximum absolute atomic E-state index is 12.7. The smallest absolute Gasteiger partial charge is 0.321 e. The molecule has 3 rings (SSSR count). The summed E-state index contributed by atoms with van der Waals surface area (Å²) in [5.74, 6) is -0.644. The fourth-order valence-corrected chi connectivity index (χ4v) is 3.91. The van der Waals surface area contributed by atoms with Crippen LogP contribution < -0.4 is 19.1 Å². The van der Waals surface area contributed by atoms with Crippen LogP contribution in [0.15, 0.2) is 35.2 Å². The van der Waals surface area contributed by atoms with Gasteiger partial charge in [-0.25, -0.2) is 8.42 Å². The van der Waals surface area contributed by atoms with Gasteiger partial charge in [-0.2, -0.15) is 9.97 Å². The van der Waals surface area contributed by atoms with Gasteiger partial charge in [0.25, 0.3) is 15.9 Å². The van der Waals surface area contributed by atoms with E-state index in [9.17, 15) is 23.4 Å². The fraction of sp³-hybridized carbons (Fsp3) is 0.353. The summed E-state index contributed by atoms with van der Waals surface area (Å²) < 4.78 is 37.5. The van der Waals surface area contributed by atoms with E-state index < -0.39 is 40.8 Å². The van der Waals surface area contributed by atoms with Gasteiger partial charge in [0.15, 0.2) is 11.9 Å². The number of methoxy groups -OCH3 is 2. The van der Waals surface area contributed by atoms with Gasteiger partial charge in [0.2, 0.25) is 5.88 Å². The lowest BCUT2D eigenvalue weighted by molar-refractivity contribution is -0.142. The van der Waals surface area contributed by atoms with E-state index in [-0.39, 0.29) is 28.3 Å². The molecule has 12 nitrogen and oxygen atoms in total. The highest BCUT2D eigenvalue weighted by Gasteiger charge is 2.50. The SMILES string of the molecule is COc1cc(NS(=O)(=O)c2ccc(N3C(=O)C(O)C3[C@H](O)CO)cc2)nc(OC)n1. The van der Waals surface area contributed by atoms with Crippen molar-refractivity contribution in [2.45, 2.75) is 23.1 Å². The highest BCUT2D eigenvalue weighted by atomic mass is 32.2. The number of hydrogen-bond acceptors (Lipinski definition) is 10. The van der Waals surface area contributed by atoms with Gasteiger partial charge in [0.1, 0.15) is 12.1 Å². The Morgan fingerprint density at radius 2 is 1.87 bits per heavy atom. The van der Waals surface area contributed by atoms with E-state index in [0.717, 1.165) is 4.90 Å². The molecule has 30 heavy (non-hydrogen) atoms. The number of amides is 1. The summed E-state index contributed by atoms with van der Waals surface area (Å²) in [5.41, 5.74) is 0.257. The quantitative estimate of drug-likeness (QED) is 0.363. The molecule has 1 amide bonds. The molecule has 2 aromatic rings. The number of anilines is 2. The topological polar surface area (TPSA) is 171 Å². The number of ether oxygens (including phenoxy) is 2. The Hall–Kier alpha value is -3.00. The Bertz CT molecular complexity index is 1010. The predicted molar refractivity (Wildman–Crippen MR) is 103 cm³/mol. The number of β-lactam (4-membered cyclic amide) rings is 1. The average molecular weight is 440 g/mol. The van der Waals surface area contributed by atoms with Crippen LogP contribution in [0.25, 0.3) is 0 Å². The highest BCUT2D eigenvalue weighted by molar-refractivity contribution is 7.92. The number of rotatable bonds is 8. The molecule has 0 spiro atoms. The van der Waals surface area contributed by atoms with E-state index in [1.807, 2.05) is 0 Å². The van der Waals surface area contributed by atoms with E-state index in [1.54, 1.807) is 0 Å². The molecule has 0 saturated carbocycles. The molecule has 1 fully saturated rings. The van der Waals surface area contributed by atoms with Crippen LogP contribution in [0.1, 0.15) is 0 Å². The molecular weight excluding hydrogens is 420 g/mol. The maximum atomic E-state index is 12.7. The summed E-state index contributed by atoms with van der Waals surface area (Å²) in [6.45, 7) is -0.645. The molecule has 13 heteroatoms. The van der Waals surface area contributed by atoms with Gasteiger partial charge in [-0.05, 0) is 24.3 Å². The van der Waals surface area contributed by atoms with Crippen molar-refractivity contribution in [1.29, 1.82) is 0 Å². The number of aliphatic hydroxyl groups is 3. The standard InChI is InChI=1S/C17H20N4O8S/c1-28-13-7-12(18-17(19-13)29-2)20-30(26,27)10-5-3-9(4-6-10)21-14(11(23)8-22)15(24)16(21)25/h3-7,11,14-15,22-24H,8H2,1-2H3,(H,18,19,20)/t11-,14?,15?/m1/s1. The predicted octanol–water partition coefficient (Wildman–Crippen LogP) is -1.28. The van der Waals surface area contributed by atoms with Crippen molar-refractivity contribution < 1.29 is 38.0 Å². The number of sulfonamides is 1. The summed E-state index contributed by atoms with van der Waals surface area (Å²) >= 11 is 0. The molecule has 1 aromatic carbocycles. The van der Waals surface area contributed by atoms with Gasteiger partial charge in [0.05, 0.1) is 25.7 Å². The van der Waals surface area contributed by atoms with E-state index in [0.29, 0.717) is 0 Å². The Morgan fingerprint density at radius 3 is 2.43 bits per heavy atom. The van der Waals surface area contributed by atoms with Gasteiger partial charge >= 0.3 is 6.01 Å². The Labute approximate surface area is 171 Å². The van der Waals surface area contributed by atoms with E-state index in [2.05, 4.69) is 14.7 Å². The van der Waals surface area contributed by atoms with Crippen LogP contribution in [0.2, 0.25) is 0 Å². The van der Waals surface area contributed by atoms with Crippen LogP contribution in [0, 0.1) is 0 Å². The van der Waals surface area contributed by atoms with Gasteiger partial charge < -0.3 is 29.7 Å². The summed E-state index contributed by atoms with van der Waals surface area (Å²) in [6.07, 6.45) is -2.79. The maximum Gasteiger partial charge on any atom is 0.321 e. The van der Waals surface area contributed by atoms with E-state index in [1.165, 1.54) is 44.6 Å². The van der Waals surface area contributed by atoms with Crippen LogP contribution >= 0.6 is 0 Å². The van der Waals surface area contributed by atoms with Crippen molar-refractivity contribution in [2.75, 3.05) is 30.4 Å². The van der Waals surface area contributed by atoms with Gasteiger partial charge in [0, 0.05) is 11.8 Å². The second-order valence-corrected chi connectivity index (χ2v) is 7.96. The third-order valence-electron chi connectivity index (χ3n) is 4.43. The molecule has 1 saturated heterocycles. The molecular formula is C17H20N4O8S. The van der Waals surface area contributed by atoms with E-state index in [4.69, 9.17) is 14.6 Å².